The maximum absolute atomic E-state index is 13.9. The molecule has 34 heavy (non-hydrogen) atoms. The van der Waals surface area contributed by atoms with E-state index in [4.69, 9.17) is 4.74 Å². The van der Waals surface area contributed by atoms with Crippen molar-refractivity contribution in [3.63, 3.8) is 0 Å². The van der Waals surface area contributed by atoms with Gasteiger partial charge < -0.3 is 4.74 Å². The van der Waals surface area contributed by atoms with Crippen LogP contribution in [0.1, 0.15) is 17.9 Å². The summed E-state index contributed by atoms with van der Waals surface area (Å²) >= 11 is 1.32. The Morgan fingerprint density at radius 2 is 1.68 bits per heavy atom. The van der Waals surface area contributed by atoms with Gasteiger partial charge in [0, 0.05) is 11.3 Å². The predicted octanol–water partition coefficient (Wildman–Crippen LogP) is 6.29. The molecule has 0 aliphatic heterocycles. The standard InChI is InChI=1S/C25H21F2N5OS/c1-16-7-11-18(12-8-16)31-23(17-9-13-19(33-2)14-10-17)29-30-25(31)34-15-22-28-20-5-3-4-6-21(20)32(22)24(26)27/h3-14,24H,15H2,1-2H3. The van der Waals surface area contributed by atoms with Crippen molar-refractivity contribution in [3.05, 3.63) is 84.2 Å². The second-order valence-electron chi connectivity index (χ2n) is 7.66. The average Bonchev–Trinajstić information content (AvgIpc) is 3.44. The fourth-order valence-corrected chi connectivity index (χ4v) is 4.64. The van der Waals surface area contributed by atoms with Crippen LogP contribution in [-0.4, -0.2) is 31.4 Å². The molecule has 0 radical (unpaired) electrons. The summed E-state index contributed by atoms with van der Waals surface area (Å²) < 4.78 is 35.9. The number of halogens is 2. The van der Waals surface area contributed by atoms with Gasteiger partial charge in [0.15, 0.2) is 11.0 Å². The summed E-state index contributed by atoms with van der Waals surface area (Å²) in [6, 6.07) is 22.5. The van der Waals surface area contributed by atoms with E-state index in [0.29, 0.717) is 22.0 Å². The minimum absolute atomic E-state index is 0.214. The van der Waals surface area contributed by atoms with E-state index in [2.05, 4.69) is 15.2 Å². The Labute approximate surface area is 199 Å². The van der Waals surface area contributed by atoms with Gasteiger partial charge in [-0.05, 0) is 55.5 Å². The minimum atomic E-state index is -2.69. The van der Waals surface area contributed by atoms with Crippen LogP contribution < -0.4 is 4.74 Å². The quantitative estimate of drug-likeness (QED) is 0.258. The lowest BCUT2D eigenvalue weighted by Gasteiger charge is -2.12. The third kappa shape index (κ3) is 4.14. The van der Waals surface area contributed by atoms with Crippen molar-refractivity contribution in [3.8, 4) is 22.8 Å². The molecule has 6 nitrogen and oxygen atoms in total. The van der Waals surface area contributed by atoms with Gasteiger partial charge in [-0.1, -0.05) is 41.6 Å². The van der Waals surface area contributed by atoms with Crippen LogP contribution in [0.3, 0.4) is 0 Å². The Balaban J connectivity index is 1.54. The Hall–Kier alpha value is -3.72. The molecule has 0 atom stereocenters. The highest BCUT2D eigenvalue weighted by atomic mass is 32.2. The van der Waals surface area contributed by atoms with E-state index in [1.54, 1.807) is 31.4 Å². The first-order valence-corrected chi connectivity index (χ1v) is 11.6. The number of hydrogen-bond donors (Lipinski definition) is 0. The van der Waals surface area contributed by atoms with Gasteiger partial charge in [-0.2, -0.15) is 8.78 Å². The zero-order valence-electron chi connectivity index (χ0n) is 18.5. The molecular weight excluding hydrogens is 456 g/mol. The van der Waals surface area contributed by atoms with E-state index in [1.807, 2.05) is 60.0 Å². The lowest BCUT2D eigenvalue weighted by atomic mass is 10.2. The number of rotatable bonds is 7. The van der Waals surface area contributed by atoms with Crippen molar-refractivity contribution >= 4 is 22.8 Å². The zero-order valence-corrected chi connectivity index (χ0v) is 19.3. The third-order valence-corrected chi connectivity index (χ3v) is 6.39. The lowest BCUT2D eigenvalue weighted by Crippen LogP contribution is -2.04. The zero-order chi connectivity index (χ0) is 23.7. The summed E-state index contributed by atoms with van der Waals surface area (Å²) in [4.78, 5) is 4.44. The molecule has 3 aromatic carbocycles. The van der Waals surface area contributed by atoms with Crippen molar-refractivity contribution in [2.75, 3.05) is 7.11 Å². The SMILES string of the molecule is COc1ccc(-c2nnc(SCc3nc4ccccc4n3C(F)F)n2-c2ccc(C)cc2)cc1. The van der Waals surface area contributed by atoms with E-state index >= 15 is 0 Å². The number of alkyl halides is 2. The average molecular weight is 478 g/mol. The largest absolute Gasteiger partial charge is 0.497 e. The van der Waals surface area contributed by atoms with Crippen molar-refractivity contribution in [1.29, 1.82) is 0 Å². The molecule has 5 rings (SSSR count). The van der Waals surface area contributed by atoms with Gasteiger partial charge in [0.25, 0.3) is 0 Å². The Morgan fingerprint density at radius 1 is 0.941 bits per heavy atom. The van der Waals surface area contributed by atoms with Crippen LogP contribution in [-0.2, 0) is 5.75 Å². The van der Waals surface area contributed by atoms with E-state index in [1.165, 1.54) is 11.8 Å². The number of ether oxygens (including phenoxy) is 1. The van der Waals surface area contributed by atoms with Crippen LogP contribution in [0.5, 0.6) is 5.75 Å². The van der Waals surface area contributed by atoms with E-state index in [0.717, 1.165) is 27.1 Å². The highest BCUT2D eigenvalue weighted by Crippen LogP contribution is 2.32. The normalized spacial score (nSPS) is 11.4. The lowest BCUT2D eigenvalue weighted by molar-refractivity contribution is 0.0722. The maximum Gasteiger partial charge on any atom is 0.320 e. The summed E-state index contributed by atoms with van der Waals surface area (Å²) in [6.45, 7) is -0.669. The number of hydrogen-bond acceptors (Lipinski definition) is 5. The van der Waals surface area contributed by atoms with E-state index < -0.39 is 6.55 Å². The van der Waals surface area contributed by atoms with Gasteiger partial charge in [0.2, 0.25) is 0 Å². The molecule has 0 spiro atoms. The van der Waals surface area contributed by atoms with Crippen LogP contribution in [0.2, 0.25) is 0 Å². The fraction of sp³-hybridized carbons (Fsp3) is 0.160. The minimum Gasteiger partial charge on any atom is -0.497 e. The summed E-state index contributed by atoms with van der Waals surface area (Å²) in [6.07, 6.45) is 0. The third-order valence-electron chi connectivity index (χ3n) is 5.47. The predicted molar refractivity (Wildman–Crippen MR) is 129 cm³/mol. The molecule has 2 heterocycles. The molecule has 0 N–H and O–H groups in total. The van der Waals surface area contributed by atoms with Crippen LogP contribution in [0.25, 0.3) is 28.1 Å². The van der Waals surface area contributed by atoms with Crippen LogP contribution >= 0.6 is 11.8 Å². The van der Waals surface area contributed by atoms with Gasteiger partial charge >= 0.3 is 6.55 Å². The van der Waals surface area contributed by atoms with Gasteiger partial charge in [-0.25, -0.2) is 4.98 Å². The summed E-state index contributed by atoms with van der Waals surface area (Å²) in [5.41, 5.74) is 3.82. The summed E-state index contributed by atoms with van der Waals surface area (Å²) in [5.74, 6) is 1.89. The van der Waals surface area contributed by atoms with Crippen LogP contribution in [0.15, 0.2) is 78.0 Å². The smallest absolute Gasteiger partial charge is 0.320 e. The molecule has 0 aliphatic carbocycles. The molecule has 172 valence electrons. The number of aryl methyl sites for hydroxylation is 1. The molecule has 0 unspecified atom stereocenters. The number of nitrogens with zero attached hydrogens (tertiary/aromatic N) is 5. The monoisotopic (exact) mass is 477 g/mol. The highest BCUT2D eigenvalue weighted by Gasteiger charge is 2.21. The first-order valence-electron chi connectivity index (χ1n) is 10.6. The molecular formula is C25H21F2N5OS. The number of para-hydroxylation sites is 2. The number of thioether (sulfide) groups is 1. The van der Waals surface area contributed by atoms with E-state index in [-0.39, 0.29) is 11.6 Å². The summed E-state index contributed by atoms with van der Waals surface area (Å²) in [5, 5.41) is 9.41. The first kappa shape index (κ1) is 22.1. The number of fused-ring (bicyclic) bond motifs is 1. The van der Waals surface area contributed by atoms with Gasteiger partial charge in [-0.15, -0.1) is 10.2 Å². The topological polar surface area (TPSA) is 57.8 Å². The van der Waals surface area contributed by atoms with Crippen molar-refractivity contribution < 1.29 is 13.5 Å². The number of methoxy groups -OCH3 is 1. The van der Waals surface area contributed by atoms with E-state index in [9.17, 15) is 8.78 Å². The Morgan fingerprint density at radius 3 is 2.38 bits per heavy atom. The molecule has 5 aromatic rings. The number of benzene rings is 3. The van der Waals surface area contributed by atoms with Crippen molar-refractivity contribution in [2.24, 2.45) is 0 Å². The van der Waals surface area contributed by atoms with Crippen LogP contribution in [0.4, 0.5) is 8.78 Å². The molecule has 0 amide bonds. The molecule has 2 aromatic heterocycles. The maximum atomic E-state index is 13.9. The number of imidazole rings is 1. The Bertz CT molecular complexity index is 1430. The number of aromatic nitrogens is 5. The molecule has 0 saturated heterocycles. The van der Waals surface area contributed by atoms with Gasteiger partial charge in [0.1, 0.15) is 11.6 Å². The molecule has 0 fully saturated rings. The summed E-state index contributed by atoms with van der Waals surface area (Å²) in [7, 11) is 1.62. The highest BCUT2D eigenvalue weighted by molar-refractivity contribution is 7.98. The second kappa shape index (κ2) is 9.26. The molecule has 0 saturated carbocycles. The molecule has 9 heteroatoms. The van der Waals surface area contributed by atoms with Crippen molar-refractivity contribution in [1.82, 2.24) is 24.3 Å². The molecule has 0 aliphatic rings. The van der Waals surface area contributed by atoms with Gasteiger partial charge in [0.05, 0.1) is 23.9 Å². The van der Waals surface area contributed by atoms with Crippen LogP contribution in [0, 0.1) is 6.92 Å². The first-order chi connectivity index (χ1) is 16.5. The fourth-order valence-electron chi connectivity index (χ4n) is 3.76. The Kier molecular flexibility index (Phi) is 6.02. The van der Waals surface area contributed by atoms with Gasteiger partial charge in [-0.3, -0.25) is 9.13 Å². The second-order valence-corrected chi connectivity index (χ2v) is 8.60. The molecule has 0 bridgehead atoms. The van der Waals surface area contributed by atoms with Crippen molar-refractivity contribution in [2.45, 2.75) is 24.4 Å².